The molecule has 0 saturated heterocycles. The van der Waals surface area contributed by atoms with Gasteiger partial charge < -0.3 is 10.0 Å². The topological polar surface area (TPSA) is 70.5 Å². The van der Waals surface area contributed by atoms with E-state index in [1.807, 2.05) is 18.2 Å². The first-order valence-electron chi connectivity index (χ1n) is 6.21. The van der Waals surface area contributed by atoms with Crippen molar-refractivity contribution in [2.24, 2.45) is 0 Å². The number of hydrogen-bond acceptors (Lipinski definition) is 3. The highest BCUT2D eigenvalue weighted by molar-refractivity contribution is 6.07. The molecule has 0 atom stereocenters. The summed E-state index contributed by atoms with van der Waals surface area (Å²) in [4.78, 5) is 29.3. The molecular weight excluding hydrogens is 256 g/mol. The Labute approximate surface area is 115 Å². The number of pyridine rings is 1. The molecule has 0 radical (unpaired) electrons. The number of carboxylic acids is 1. The molecule has 1 amide bonds. The van der Waals surface area contributed by atoms with E-state index in [0.717, 1.165) is 11.3 Å². The minimum atomic E-state index is -1.07. The highest BCUT2D eigenvalue weighted by atomic mass is 16.4. The van der Waals surface area contributed by atoms with Crippen LogP contribution < -0.4 is 0 Å². The summed E-state index contributed by atoms with van der Waals surface area (Å²) in [5.74, 6) is -1.32. The Morgan fingerprint density at radius 2 is 2.10 bits per heavy atom. The van der Waals surface area contributed by atoms with Crippen molar-refractivity contribution in [2.45, 2.75) is 13.1 Å². The Balaban J connectivity index is 1.91. The molecule has 0 fully saturated rings. The van der Waals surface area contributed by atoms with E-state index < -0.39 is 5.97 Å². The van der Waals surface area contributed by atoms with Crippen molar-refractivity contribution >= 4 is 11.9 Å². The van der Waals surface area contributed by atoms with Gasteiger partial charge in [0.1, 0.15) is 0 Å². The van der Waals surface area contributed by atoms with Gasteiger partial charge >= 0.3 is 5.97 Å². The fourth-order valence-electron chi connectivity index (χ4n) is 2.41. The SMILES string of the molecule is O=C(O)c1cccc2c1C(=O)N(Cc1ccccn1)C2. The van der Waals surface area contributed by atoms with Crippen molar-refractivity contribution in [2.75, 3.05) is 0 Å². The van der Waals surface area contributed by atoms with Crippen LogP contribution in [0.5, 0.6) is 0 Å². The van der Waals surface area contributed by atoms with Crippen LogP contribution in [0.3, 0.4) is 0 Å². The highest BCUT2D eigenvalue weighted by Crippen LogP contribution is 2.27. The predicted molar refractivity (Wildman–Crippen MR) is 71.2 cm³/mol. The van der Waals surface area contributed by atoms with Gasteiger partial charge in [-0.1, -0.05) is 18.2 Å². The summed E-state index contributed by atoms with van der Waals surface area (Å²) in [6.45, 7) is 0.805. The monoisotopic (exact) mass is 268 g/mol. The van der Waals surface area contributed by atoms with E-state index in [4.69, 9.17) is 5.11 Å². The summed E-state index contributed by atoms with van der Waals surface area (Å²) in [6.07, 6.45) is 1.67. The van der Waals surface area contributed by atoms with Gasteiger partial charge in [-0.15, -0.1) is 0 Å². The van der Waals surface area contributed by atoms with Gasteiger partial charge in [0.25, 0.3) is 5.91 Å². The number of carbonyl (C=O) groups excluding carboxylic acids is 1. The van der Waals surface area contributed by atoms with Crippen molar-refractivity contribution in [1.82, 2.24) is 9.88 Å². The molecule has 0 unspecified atom stereocenters. The number of carbonyl (C=O) groups is 2. The quantitative estimate of drug-likeness (QED) is 0.923. The van der Waals surface area contributed by atoms with Gasteiger partial charge in [0, 0.05) is 12.7 Å². The number of rotatable bonds is 3. The van der Waals surface area contributed by atoms with Crippen molar-refractivity contribution in [1.29, 1.82) is 0 Å². The molecule has 1 N–H and O–H groups in total. The van der Waals surface area contributed by atoms with Gasteiger partial charge in [-0.3, -0.25) is 9.78 Å². The molecule has 0 aliphatic carbocycles. The number of aromatic nitrogens is 1. The Morgan fingerprint density at radius 3 is 2.80 bits per heavy atom. The Morgan fingerprint density at radius 1 is 1.25 bits per heavy atom. The Kier molecular flexibility index (Phi) is 2.95. The minimum absolute atomic E-state index is 0.0658. The lowest BCUT2D eigenvalue weighted by atomic mass is 10.0. The van der Waals surface area contributed by atoms with E-state index in [2.05, 4.69) is 4.98 Å². The molecular formula is C15H12N2O3. The fourth-order valence-corrected chi connectivity index (χ4v) is 2.41. The average Bonchev–Trinajstić information content (AvgIpc) is 2.77. The van der Waals surface area contributed by atoms with Gasteiger partial charge in [0.05, 0.1) is 23.4 Å². The molecule has 0 bridgehead atoms. The van der Waals surface area contributed by atoms with Crippen LogP contribution in [-0.4, -0.2) is 26.9 Å². The van der Waals surface area contributed by atoms with E-state index in [9.17, 15) is 9.59 Å². The third-order valence-corrected chi connectivity index (χ3v) is 3.32. The molecule has 20 heavy (non-hydrogen) atoms. The number of carboxylic acid groups (broad SMARTS) is 1. The molecule has 5 heteroatoms. The molecule has 1 aromatic carbocycles. The largest absolute Gasteiger partial charge is 0.478 e. The second kappa shape index (κ2) is 4.77. The van der Waals surface area contributed by atoms with Gasteiger partial charge in [-0.25, -0.2) is 4.79 Å². The predicted octanol–water partition coefficient (Wildman–Crippen LogP) is 1.94. The summed E-state index contributed by atoms with van der Waals surface area (Å²) in [7, 11) is 0. The third-order valence-electron chi connectivity index (χ3n) is 3.32. The first-order valence-corrected chi connectivity index (χ1v) is 6.21. The highest BCUT2D eigenvalue weighted by Gasteiger charge is 2.31. The number of fused-ring (bicyclic) bond motifs is 1. The van der Waals surface area contributed by atoms with Crippen molar-refractivity contribution in [3.63, 3.8) is 0 Å². The second-order valence-electron chi connectivity index (χ2n) is 4.63. The lowest BCUT2D eigenvalue weighted by Crippen LogP contribution is -2.24. The maximum Gasteiger partial charge on any atom is 0.336 e. The number of hydrogen-bond donors (Lipinski definition) is 1. The lowest BCUT2D eigenvalue weighted by Gasteiger charge is -2.14. The summed E-state index contributed by atoms with van der Waals surface area (Å²) in [6, 6.07) is 10.4. The summed E-state index contributed by atoms with van der Waals surface area (Å²) in [5.41, 5.74) is 1.91. The van der Waals surface area contributed by atoms with E-state index in [1.54, 1.807) is 23.2 Å². The van der Waals surface area contributed by atoms with Crippen LogP contribution >= 0.6 is 0 Å². The third kappa shape index (κ3) is 2.03. The zero-order valence-electron chi connectivity index (χ0n) is 10.6. The molecule has 100 valence electrons. The standard InChI is InChI=1S/C15H12N2O3/c18-14-13-10(4-3-6-12(13)15(19)20)8-17(14)9-11-5-1-2-7-16-11/h1-7H,8-9H2,(H,19,20). The van der Waals surface area contributed by atoms with Gasteiger partial charge in [0.15, 0.2) is 0 Å². The smallest absolute Gasteiger partial charge is 0.336 e. The van der Waals surface area contributed by atoms with Gasteiger partial charge in [0.2, 0.25) is 0 Å². The molecule has 1 aliphatic heterocycles. The first kappa shape index (κ1) is 12.3. The number of amides is 1. The zero-order chi connectivity index (χ0) is 14.1. The summed E-state index contributed by atoms with van der Waals surface area (Å²) >= 11 is 0. The average molecular weight is 268 g/mol. The van der Waals surface area contributed by atoms with Crippen LogP contribution in [0.2, 0.25) is 0 Å². The second-order valence-corrected chi connectivity index (χ2v) is 4.63. The van der Waals surface area contributed by atoms with E-state index in [0.29, 0.717) is 18.7 Å². The summed E-state index contributed by atoms with van der Waals surface area (Å²) < 4.78 is 0. The molecule has 0 spiro atoms. The molecule has 1 aliphatic rings. The number of aromatic carboxylic acids is 1. The summed E-state index contributed by atoms with van der Waals surface area (Å²) in [5, 5.41) is 9.16. The first-order chi connectivity index (χ1) is 9.66. The maximum atomic E-state index is 12.4. The van der Waals surface area contributed by atoms with Crippen molar-refractivity contribution < 1.29 is 14.7 Å². The fraction of sp³-hybridized carbons (Fsp3) is 0.133. The molecule has 1 aromatic heterocycles. The lowest BCUT2D eigenvalue weighted by molar-refractivity contribution is 0.0681. The van der Waals surface area contributed by atoms with Gasteiger partial charge in [-0.05, 0) is 23.8 Å². The minimum Gasteiger partial charge on any atom is -0.478 e. The molecule has 2 heterocycles. The van der Waals surface area contributed by atoms with Gasteiger partial charge in [-0.2, -0.15) is 0 Å². The van der Waals surface area contributed by atoms with E-state index in [1.165, 1.54) is 6.07 Å². The number of nitrogens with zero attached hydrogens (tertiary/aromatic N) is 2. The molecule has 2 aromatic rings. The molecule has 0 saturated carbocycles. The molecule has 3 rings (SSSR count). The Bertz CT molecular complexity index is 683. The maximum absolute atomic E-state index is 12.4. The van der Waals surface area contributed by atoms with Crippen LogP contribution in [0.25, 0.3) is 0 Å². The zero-order valence-corrected chi connectivity index (χ0v) is 10.6. The molecule has 5 nitrogen and oxygen atoms in total. The van der Waals surface area contributed by atoms with Crippen LogP contribution in [0.15, 0.2) is 42.6 Å². The van der Waals surface area contributed by atoms with Crippen LogP contribution in [-0.2, 0) is 13.1 Å². The normalized spacial score (nSPS) is 13.4. The Hall–Kier alpha value is -2.69. The van der Waals surface area contributed by atoms with Crippen molar-refractivity contribution in [3.05, 3.63) is 65.0 Å². The van der Waals surface area contributed by atoms with Crippen LogP contribution in [0, 0.1) is 0 Å². The van der Waals surface area contributed by atoms with E-state index >= 15 is 0 Å². The van der Waals surface area contributed by atoms with Crippen molar-refractivity contribution in [3.8, 4) is 0 Å². The number of benzene rings is 1. The van der Waals surface area contributed by atoms with Crippen LogP contribution in [0.4, 0.5) is 0 Å². The van der Waals surface area contributed by atoms with E-state index in [-0.39, 0.29) is 11.5 Å². The van der Waals surface area contributed by atoms with Crippen LogP contribution in [0.1, 0.15) is 32.0 Å².